The van der Waals surface area contributed by atoms with Crippen molar-refractivity contribution in [1.29, 1.82) is 0 Å². The van der Waals surface area contributed by atoms with Crippen molar-refractivity contribution in [2.45, 2.75) is 11.8 Å². The number of benzene rings is 2. The highest BCUT2D eigenvalue weighted by Gasteiger charge is 2.19. The molecule has 0 spiro atoms. The monoisotopic (exact) mass is 403 g/mol. The van der Waals surface area contributed by atoms with Gasteiger partial charge in [0, 0.05) is 17.2 Å². The summed E-state index contributed by atoms with van der Waals surface area (Å²) < 4.78 is 43.0. The number of hydrogen-bond acceptors (Lipinski definition) is 6. The molecule has 1 N–H and O–H groups in total. The van der Waals surface area contributed by atoms with Crippen molar-refractivity contribution < 1.29 is 22.1 Å². The number of hydrogen-bond donors (Lipinski definition) is 1. The summed E-state index contributed by atoms with van der Waals surface area (Å²) in [6, 6.07) is 12.4. The van der Waals surface area contributed by atoms with Crippen LogP contribution in [0.25, 0.3) is 11.3 Å². The van der Waals surface area contributed by atoms with E-state index in [-0.39, 0.29) is 22.2 Å². The quantitative estimate of drug-likeness (QED) is 0.383. The summed E-state index contributed by atoms with van der Waals surface area (Å²) in [6.07, 6.45) is 1.15. The molecule has 0 bridgehead atoms. The van der Waals surface area contributed by atoms with Gasteiger partial charge in [0.25, 0.3) is 15.7 Å². The lowest BCUT2D eigenvalue weighted by atomic mass is 10.2. The number of rotatable bonds is 6. The first-order valence-electron chi connectivity index (χ1n) is 7.92. The van der Waals surface area contributed by atoms with E-state index >= 15 is 0 Å². The molecule has 0 aliphatic heterocycles. The van der Waals surface area contributed by atoms with Crippen molar-refractivity contribution in [1.82, 2.24) is 4.83 Å². The molecule has 0 radical (unpaired) electrons. The molecule has 144 valence electrons. The van der Waals surface area contributed by atoms with E-state index in [1.165, 1.54) is 31.2 Å². The fraction of sp³-hybridized carbons (Fsp3) is 0.0556. The third-order valence-electron chi connectivity index (χ3n) is 3.81. The summed E-state index contributed by atoms with van der Waals surface area (Å²) in [4.78, 5) is 12.0. The van der Waals surface area contributed by atoms with E-state index in [2.05, 4.69) is 5.10 Å². The third kappa shape index (κ3) is 4.23. The van der Waals surface area contributed by atoms with Crippen LogP contribution in [-0.4, -0.2) is 19.6 Å². The molecule has 2 aromatic carbocycles. The average molecular weight is 403 g/mol. The Balaban J connectivity index is 1.74. The fourth-order valence-corrected chi connectivity index (χ4v) is 3.17. The Morgan fingerprint density at radius 1 is 1.14 bits per heavy atom. The third-order valence-corrected chi connectivity index (χ3v) is 5.03. The summed E-state index contributed by atoms with van der Waals surface area (Å²) >= 11 is 0. The van der Waals surface area contributed by atoms with Crippen LogP contribution in [0.15, 0.2) is 69.0 Å². The maximum Gasteiger partial charge on any atom is 0.276 e. The highest BCUT2D eigenvalue weighted by molar-refractivity contribution is 7.89. The van der Waals surface area contributed by atoms with Gasteiger partial charge in [-0.25, -0.2) is 4.39 Å². The zero-order valence-electron chi connectivity index (χ0n) is 14.5. The largest absolute Gasteiger partial charge is 0.455 e. The highest BCUT2D eigenvalue weighted by atomic mass is 32.2. The summed E-state index contributed by atoms with van der Waals surface area (Å²) in [5.74, 6) is 0.346. The number of nitrogens with zero attached hydrogens (tertiary/aromatic N) is 2. The maximum absolute atomic E-state index is 13.0. The van der Waals surface area contributed by atoms with Gasteiger partial charge in [0.05, 0.1) is 16.0 Å². The molecule has 0 saturated carbocycles. The Labute approximate surface area is 159 Å². The lowest BCUT2D eigenvalue weighted by Gasteiger charge is -2.04. The van der Waals surface area contributed by atoms with Crippen molar-refractivity contribution in [3.05, 3.63) is 81.9 Å². The number of halogens is 1. The number of nitro benzene ring substituents is 1. The van der Waals surface area contributed by atoms with Gasteiger partial charge >= 0.3 is 0 Å². The standard InChI is InChI=1S/C18H14FN3O5S/c1-12-2-8-16(10-17(12)22(23)24)28(25,26)21-20-11-15-7-9-18(27-15)13-3-5-14(19)6-4-13/h2-11,21H,1H3. The number of hydrazone groups is 1. The van der Waals surface area contributed by atoms with Crippen molar-refractivity contribution in [2.75, 3.05) is 0 Å². The second-order valence-corrected chi connectivity index (χ2v) is 7.43. The Kier molecular flexibility index (Phi) is 5.23. The van der Waals surface area contributed by atoms with Crippen molar-refractivity contribution in [2.24, 2.45) is 5.10 Å². The van der Waals surface area contributed by atoms with Crippen LogP contribution >= 0.6 is 0 Å². The predicted octanol–water partition coefficient (Wildman–Crippen LogP) is 3.61. The van der Waals surface area contributed by atoms with Crippen molar-refractivity contribution in [3.8, 4) is 11.3 Å². The van der Waals surface area contributed by atoms with Gasteiger partial charge in [-0.15, -0.1) is 0 Å². The van der Waals surface area contributed by atoms with Crippen LogP contribution in [-0.2, 0) is 10.0 Å². The topological polar surface area (TPSA) is 115 Å². The molecule has 0 fully saturated rings. The molecule has 3 rings (SSSR count). The van der Waals surface area contributed by atoms with Crippen LogP contribution in [0.2, 0.25) is 0 Å². The van der Waals surface area contributed by atoms with Crippen LogP contribution in [0.1, 0.15) is 11.3 Å². The SMILES string of the molecule is Cc1ccc(S(=O)(=O)NN=Cc2ccc(-c3ccc(F)cc3)o2)cc1[N+](=O)[O-]. The number of nitro groups is 1. The maximum atomic E-state index is 13.0. The summed E-state index contributed by atoms with van der Waals surface area (Å²) in [7, 11) is -4.09. The highest BCUT2D eigenvalue weighted by Crippen LogP contribution is 2.23. The minimum atomic E-state index is -4.09. The van der Waals surface area contributed by atoms with Crippen LogP contribution in [0.5, 0.6) is 0 Å². The molecule has 0 amide bonds. The predicted molar refractivity (Wildman–Crippen MR) is 99.9 cm³/mol. The average Bonchev–Trinajstić information content (AvgIpc) is 3.11. The van der Waals surface area contributed by atoms with Crippen LogP contribution in [0, 0.1) is 22.9 Å². The van der Waals surface area contributed by atoms with Crippen molar-refractivity contribution >= 4 is 21.9 Å². The van der Waals surface area contributed by atoms with Gasteiger partial charge in [0.2, 0.25) is 0 Å². The lowest BCUT2D eigenvalue weighted by molar-refractivity contribution is -0.385. The van der Waals surface area contributed by atoms with Crippen LogP contribution in [0.4, 0.5) is 10.1 Å². The number of sulfonamides is 1. The van der Waals surface area contributed by atoms with Crippen LogP contribution < -0.4 is 4.83 Å². The first-order valence-corrected chi connectivity index (χ1v) is 9.40. The van der Waals surface area contributed by atoms with E-state index in [0.29, 0.717) is 16.9 Å². The van der Waals surface area contributed by atoms with Gasteiger partial charge in [0.15, 0.2) is 0 Å². The Bertz CT molecular complexity index is 1150. The second-order valence-electron chi connectivity index (χ2n) is 5.77. The van der Waals surface area contributed by atoms with Gasteiger partial charge in [0.1, 0.15) is 17.3 Å². The van der Waals surface area contributed by atoms with E-state index in [1.54, 1.807) is 24.3 Å². The molecule has 1 heterocycles. The number of aryl methyl sites for hydroxylation is 1. The molecule has 0 saturated heterocycles. The second kappa shape index (κ2) is 7.61. The molecule has 10 heteroatoms. The Morgan fingerprint density at radius 3 is 2.54 bits per heavy atom. The lowest BCUT2D eigenvalue weighted by Crippen LogP contribution is -2.18. The molecule has 3 aromatic rings. The summed E-state index contributed by atoms with van der Waals surface area (Å²) in [6.45, 7) is 1.51. The molecule has 28 heavy (non-hydrogen) atoms. The molecular weight excluding hydrogens is 389 g/mol. The molecule has 0 aliphatic carbocycles. The van der Waals surface area contributed by atoms with E-state index in [1.807, 2.05) is 4.83 Å². The van der Waals surface area contributed by atoms with Gasteiger partial charge in [-0.05, 0) is 49.4 Å². The molecule has 0 atom stereocenters. The van der Waals surface area contributed by atoms with E-state index in [9.17, 15) is 22.9 Å². The molecule has 1 aromatic heterocycles. The molecular formula is C18H14FN3O5S. The van der Waals surface area contributed by atoms with Gasteiger partial charge in [-0.3, -0.25) is 10.1 Å². The van der Waals surface area contributed by atoms with Gasteiger partial charge in [-0.1, -0.05) is 6.07 Å². The summed E-state index contributed by atoms with van der Waals surface area (Å²) in [5.41, 5.74) is 0.687. The normalized spacial score (nSPS) is 11.6. The van der Waals surface area contributed by atoms with Gasteiger partial charge < -0.3 is 4.42 Å². The first-order chi connectivity index (χ1) is 13.3. The molecule has 0 unspecified atom stereocenters. The minimum absolute atomic E-state index is 0.261. The first kappa shape index (κ1) is 19.2. The molecule has 0 aliphatic rings. The van der Waals surface area contributed by atoms with Crippen molar-refractivity contribution in [3.63, 3.8) is 0 Å². The van der Waals surface area contributed by atoms with Gasteiger partial charge in [-0.2, -0.15) is 18.4 Å². The minimum Gasteiger partial charge on any atom is -0.455 e. The zero-order chi connectivity index (χ0) is 20.3. The Morgan fingerprint density at radius 2 is 1.86 bits per heavy atom. The summed E-state index contributed by atoms with van der Waals surface area (Å²) in [5, 5.41) is 14.6. The smallest absolute Gasteiger partial charge is 0.276 e. The van der Waals surface area contributed by atoms with E-state index in [4.69, 9.17) is 4.42 Å². The molecule has 8 nitrogen and oxygen atoms in total. The zero-order valence-corrected chi connectivity index (χ0v) is 15.3. The van der Waals surface area contributed by atoms with Crippen LogP contribution in [0.3, 0.4) is 0 Å². The Hall–Kier alpha value is -3.53. The van der Waals surface area contributed by atoms with E-state index < -0.39 is 14.9 Å². The number of nitrogens with one attached hydrogen (secondary N) is 1. The number of furan rings is 1. The fourth-order valence-electron chi connectivity index (χ4n) is 2.36. The van der Waals surface area contributed by atoms with E-state index in [0.717, 1.165) is 12.3 Å².